The first-order valence-corrected chi connectivity index (χ1v) is 16.6. The number of hydrogen-bond acceptors (Lipinski definition) is 10. The summed E-state index contributed by atoms with van der Waals surface area (Å²) in [6.45, 7) is 7.33. The summed E-state index contributed by atoms with van der Waals surface area (Å²) in [4.78, 5) is 51.6. The van der Waals surface area contributed by atoms with Gasteiger partial charge in [0.1, 0.15) is 9.88 Å². The lowest BCUT2D eigenvalue weighted by atomic mass is 9.95. The van der Waals surface area contributed by atoms with Crippen LogP contribution in [0.5, 0.6) is 0 Å². The molecule has 1 fully saturated rings. The van der Waals surface area contributed by atoms with E-state index in [4.69, 9.17) is 9.47 Å². The van der Waals surface area contributed by atoms with Crippen molar-refractivity contribution in [2.24, 2.45) is 0 Å². The number of thioether (sulfide) groups is 1. The van der Waals surface area contributed by atoms with Crippen molar-refractivity contribution in [1.82, 2.24) is 20.1 Å². The predicted molar refractivity (Wildman–Crippen MR) is 169 cm³/mol. The number of thiophene rings is 1. The highest BCUT2D eigenvalue weighted by molar-refractivity contribution is 8.00. The first-order chi connectivity index (χ1) is 21.2. The minimum absolute atomic E-state index is 0.109. The largest absolute Gasteiger partial charge is 0.462 e. The van der Waals surface area contributed by atoms with Crippen LogP contribution in [0.25, 0.3) is 0 Å². The fraction of sp³-hybridized carbons (Fsp3) is 0.484. The van der Waals surface area contributed by atoms with Crippen LogP contribution in [0.1, 0.15) is 95.9 Å². The van der Waals surface area contributed by atoms with Crippen LogP contribution >= 0.6 is 23.1 Å². The molecule has 2 amide bonds. The average Bonchev–Trinajstić information content (AvgIpc) is 3.57. The molecule has 4 rings (SSSR count). The van der Waals surface area contributed by atoms with Crippen molar-refractivity contribution in [1.29, 1.82) is 0 Å². The van der Waals surface area contributed by atoms with Gasteiger partial charge in [0, 0.05) is 6.04 Å². The van der Waals surface area contributed by atoms with E-state index in [9.17, 15) is 19.2 Å². The van der Waals surface area contributed by atoms with Gasteiger partial charge in [0.05, 0.1) is 37.0 Å². The monoisotopic (exact) mass is 641 g/mol. The van der Waals surface area contributed by atoms with E-state index in [0.717, 1.165) is 42.6 Å². The quantitative estimate of drug-likeness (QED) is 0.183. The van der Waals surface area contributed by atoms with Crippen LogP contribution in [0.2, 0.25) is 0 Å². The topological polar surface area (TPSA) is 142 Å². The van der Waals surface area contributed by atoms with Gasteiger partial charge in [-0.3, -0.25) is 9.59 Å². The van der Waals surface area contributed by atoms with Crippen molar-refractivity contribution in [2.75, 3.05) is 18.5 Å². The van der Waals surface area contributed by atoms with Gasteiger partial charge in [-0.2, -0.15) is 0 Å². The first-order valence-electron chi connectivity index (χ1n) is 14.9. The second kappa shape index (κ2) is 15.8. The van der Waals surface area contributed by atoms with Crippen molar-refractivity contribution < 1.29 is 28.7 Å². The zero-order valence-electron chi connectivity index (χ0n) is 25.5. The molecule has 0 radical (unpaired) electrons. The third kappa shape index (κ3) is 8.26. The summed E-state index contributed by atoms with van der Waals surface area (Å²) in [5.74, 6) is -1.02. The molecule has 11 nitrogen and oxygen atoms in total. The second-order valence-corrected chi connectivity index (χ2v) is 12.8. The molecule has 1 aliphatic carbocycles. The third-order valence-corrected chi connectivity index (χ3v) is 9.55. The molecule has 0 aliphatic heterocycles. The van der Waals surface area contributed by atoms with Crippen LogP contribution in [0, 0.1) is 6.92 Å². The van der Waals surface area contributed by atoms with Crippen molar-refractivity contribution in [3.8, 4) is 0 Å². The Morgan fingerprint density at radius 1 is 1.02 bits per heavy atom. The van der Waals surface area contributed by atoms with Crippen LogP contribution in [0.4, 0.5) is 5.00 Å². The molecule has 1 atom stereocenters. The van der Waals surface area contributed by atoms with Gasteiger partial charge in [0.25, 0.3) is 0 Å². The molecule has 3 aromatic rings. The normalized spacial score (nSPS) is 14.1. The highest BCUT2D eigenvalue weighted by Gasteiger charge is 2.30. The molecular formula is C31H39N5O6S2. The number of hydrogen-bond donors (Lipinski definition) is 2. The van der Waals surface area contributed by atoms with Crippen molar-refractivity contribution in [3.63, 3.8) is 0 Å². The Balaban J connectivity index is 1.51. The van der Waals surface area contributed by atoms with E-state index in [0.29, 0.717) is 16.5 Å². The Kier molecular flexibility index (Phi) is 12.0. The van der Waals surface area contributed by atoms with Crippen LogP contribution in [-0.4, -0.2) is 57.0 Å². The van der Waals surface area contributed by atoms with Crippen LogP contribution < -0.4 is 10.6 Å². The average molecular weight is 642 g/mol. The molecule has 1 saturated carbocycles. The molecule has 0 spiro atoms. The maximum absolute atomic E-state index is 13.4. The summed E-state index contributed by atoms with van der Waals surface area (Å²) >= 11 is 2.25. The number of benzene rings is 1. The lowest BCUT2D eigenvalue weighted by Crippen LogP contribution is -2.28. The summed E-state index contributed by atoms with van der Waals surface area (Å²) in [5, 5.41) is 14.8. The summed E-state index contributed by atoms with van der Waals surface area (Å²) in [5.41, 5.74) is 1.47. The van der Waals surface area contributed by atoms with Crippen LogP contribution in [-0.2, 0) is 32.0 Å². The van der Waals surface area contributed by atoms with Crippen LogP contribution in [0.15, 0.2) is 35.5 Å². The standard InChI is InChI=1S/C31H39N5O6S2/c1-5-41-29(39)25-19(3)26(30(40)42-6-2)44-28(25)33-27(38)20(4)43-31-35-34-23(36(31)22-15-11-8-12-16-22)18-32-24(37)17-21-13-9-7-10-14-21/h7,9-10,13-14,20,22H,5-6,8,11-12,15-18H2,1-4H3,(H,32,37)(H,33,38)/t20-/m1/s1. The highest BCUT2D eigenvalue weighted by atomic mass is 32.2. The molecule has 2 heterocycles. The molecule has 1 aliphatic rings. The maximum Gasteiger partial charge on any atom is 0.348 e. The molecular weight excluding hydrogens is 603 g/mol. The van der Waals surface area contributed by atoms with E-state index >= 15 is 0 Å². The Bertz CT molecular complexity index is 1470. The molecule has 44 heavy (non-hydrogen) atoms. The number of anilines is 1. The lowest BCUT2D eigenvalue weighted by molar-refractivity contribution is -0.120. The van der Waals surface area contributed by atoms with E-state index in [-0.39, 0.29) is 59.5 Å². The molecule has 0 saturated heterocycles. The minimum atomic E-state index is -0.622. The Hall–Kier alpha value is -3.71. The Labute approximate surface area is 265 Å². The number of rotatable bonds is 13. The van der Waals surface area contributed by atoms with Gasteiger partial charge < -0.3 is 24.7 Å². The number of nitrogens with zero attached hydrogens (tertiary/aromatic N) is 3. The number of aromatic nitrogens is 3. The van der Waals surface area contributed by atoms with E-state index < -0.39 is 17.2 Å². The first kappa shape index (κ1) is 33.2. The van der Waals surface area contributed by atoms with Gasteiger partial charge in [-0.05, 0) is 51.7 Å². The third-order valence-electron chi connectivity index (χ3n) is 7.30. The lowest BCUT2D eigenvalue weighted by Gasteiger charge is -2.26. The number of ether oxygens (including phenoxy) is 2. The summed E-state index contributed by atoms with van der Waals surface area (Å²) in [6, 6.07) is 9.71. The Morgan fingerprint density at radius 3 is 2.39 bits per heavy atom. The number of nitrogens with one attached hydrogen (secondary N) is 2. The zero-order chi connectivity index (χ0) is 31.6. The summed E-state index contributed by atoms with van der Waals surface area (Å²) in [6.07, 6.45) is 5.53. The Morgan fingerprint density at radius 2 is 1.70 bits per heavy atom. The van der Waals surface area contributed by atoms with Gasteiger partial charge in [-0.15, -0.1) is 21.5 Å². The second-order valence-electron chi connectivity index (χ2n) is 10.5. The zero-order valence-corrected chi connectivity index (χ0v) is 27.1. The maximum atomic E-state index is 13.4. The van der Waals surface area contributed by atoms with E-state index in [2.05, 4.69) is 25.4 Å². The van der Waals surface area contributed by atoms with Crippen molar-refractivity contribution >= 4 is 51.9 Å². The fourth-order valence-corrected chi connectivity index (χ4v) is 7.13. The minimum Gasteiger partial charge on any atom is -0.462 e. The predicted octanol–water partition coefficient (Wildman–Crippen LogP) is 5.48. The van der Waals surface area contributed by atoms with Crippen molar-refractivity contribution in [2.45, 2.75) is 89.2 Å². The molecule has 13 heteroatoms. The molecule has 2 aromatic heterocycles. The smallest absolute Gasteiger partial charge is 0.348 e. The van der Waals surface area contributed by atoms with E-state index in [1.807, 2.05) is 30.3 Å². The SMILES string of the molecule is CCOC(=O)c1sc(NC(=O)[C@@H](C)Sc2nnc(CNC(=O)Cc3ccccc3)n2C2CCCCC2)c(C(=O)OCC)c1C. The van der Waals surface area contributed by atoms with Gasteiger partial charge >= 0.3 is 11.9 Å². The van der Waals surface area contributed by atoms with Crippen LogP contribution in [0.3, 0.4) is 0 Å². The van der Waals surface area contributed by atoms with Gasteiger partial charge in [0.2, 0.25) is 11.8 Å². The number of esters is 2. The molecule has 1 aromatic carbocycles. The molecule has 0 unspecified atom stereocenters. The summed E-state index contributed by atoms with van der Waals surface area (Å²) in [7, 11) is 0. The number of carbonyl (C=O) groups is 4. The van der Waals surface area contributed by atoms with Gasteiger partial charge in [0.15, 0.2) is 11.0 Å². The van der Waals surface area contributed by atoms with Gasteiger partial charge in [-0.25, -0.2) is 9.59 Å². The van der Waals surface area contributed by atoms with Crippen molar-refractivity contribution in [3.05, 3.63) is 57.7 Å². The fourth-order valence-electron chi connectivity index (χ4n) is 5.10. The van der Waals surface area contributed by atoms with E-state index in [1.165, 1.54) is 18.2 Å². The molecule has 236 valence electrons. The summed E-state index contributed by atoms with van der Waals surface area (Å²) < 4.78 is 12.4. The van der Waals surface area contributed by atoms with Gasteiger partial charge in [-0.1, -0.05) is 61.4 Å². The molecule has 0 bridgehead atoms. The number of amides is 2. The van der Waals surface area contributed by atoms with E-state index in [1.54, 1.807) is 27.7 Å². The molecule has 2 N–H and O–H groups in total. The number of carbonyl (C=O) groups excluding carboxylic acids is 4. The highest BCUT2D eigenvalue weighted by Crippen LogP contribution is 2.37.